The maximum absolute atomic E-state index is 12.3. The minimum absolute atomic E-state index is 0.0646. The van der Waals surface area contributed by atoms with Crippen LogP contribution in [0.3, 0.4) is 0 Å². The highest BCUT2D eigenvalue weighted by atomic mass is 32.1. The lowest BCUT2D eigenvalue weighted by Crippen LogP contribution is -2.20. The SMILES string of the molecule is CCOc1ccccc1-c1csc(NC(=O)COc2ccc(C(C)C)c(C)c2)n1. The Bertz CT molecular complexity index is 982. The van der Waals surface area contributed by atoms with Gasteiger partial charge in [-0.05, 0) is 55.2 Å². The number of thiazole rings is 1. The second-order valence-electron chi connectivity index (χ2n) is 6.98. The lowest BCUT2D eigenvalue weighted by atomic mass is 9.98. The van der Waals surface area contributed by atoms with Crippen LogP contribution in [0.1, 0.15) is 37.8 Å². The first kappa shape index (κ1) is 20.9. The van der Waals surface area contributed by atoms with Crippen molar-refractivity contribution >= 4 is 22.4 Å². The topological polar surface area (TPSA) is 60.5 Å². The summed E-state index contributed by atoms with van der Waals surface area (Å²) in [6.45, 7) is 8.84. The van der Waals surface area contributed by atoms with Crippen LogP contribution >= 0.6 is 11.3 Å². The number of nitrogens with one attached hydrogen (secondary N) is 1. The largest absolute Gasteiger partial charge is 0.493 e. The fraction of sp³-hybridized carbons (Fsp3) is 0.304. The van der Waals surface area contributed by atoms with Gasteiger partial charge in [-0.2, -0.15) is 0 Å². The Morgan fingerprint density at radius 2 is 1.97 bits per heavy atom. The summed E-state index contributed by atoms with van der Waals surface area (Å²) in [7, 11) is 0. The van der Waals surface area contributed by atoms with E-state index in [-0.39, 0.29) is 12.5 Å². The van der Waals surface area contributed by atoms with E-state index in [4.69, 9.17) is 9.47 Å². The summed E-state index contributed by atoms with van der Waals surface area (Å²) in [5.74, 6) is 1.68. The molecular formula is C23H26N2O3S. The highest BCUT2D eigenvalue weighted by molar-refractivity contribution is 7.14. The van der Waals surface area contributed by atoms with Gasteiger partial charge in [0.1, 0.15) is 11.5 Å². The van der Waals surface area contributed by atoms with Gasteiger partial charge < -0.3 is 9.47 Å². The summed E-state index contributed by atoms with van der Waals surface area (Å²) >= 11 is 1.37. The molecule has 0 bridgehead atoms. The second kappa shape index (κ2) is 9.56. The van der Waals surface area contributed by atoms with Crippen molar-refractivity contribution in [3.05, 3.63) is 59.0 Å². The summed E-state index contributed by atoms with van der Waals surface area (Å²) in [4.78, 5) is 16.8. The number of para-hydroxylation sites is 1. The van der Waals surface area contributed by atoms with E-state index in [0.717, 1.165) is 22.6 Å². The number of aryl methyl sites for hydroxylation is 1. The number of amides is 1. The number of benzene rings is 2. The van der Waals surface area contributed by atoms with Gasteiger partial charge in [-0.1, -0.05) is 32.0 Å². The molecule has 6 heteroatoms. The average Bonchev–Trinajstić information content (AvgIpc) is 3.15. The molecule has 0 fully saturated rings. The molecule has 0 radical (unpaired) electrons. The molecule has 0 saturated heterocycles. The van der Waals surface area contributed by atoms with Gasteiger partial charge in [0.05, 0.1) is 12.3 Å². The van der Waals surface area contributed by atoms with Crippen LogP contribution in [-0.4, -0.2) is 24.1 Å². The number of carbonyl (C=O) groups is 1. The first-order valence-corrected chi connectivity index (χ1v) is 10.6. The van der Waals surface area contributed by atoms with Crippen molar-refractivity contribution in [2.24, 2.45) is 0 Å². The summed E-state index contributed by atoms with van der Waals surface area (Å²) in [6.07, 6.45) is 0. The third-order valence-electron chi connectivity index (χ3n) is 4.45. The molecule has 0 aliphatic heterocycles. The van der Waals surface area contributed by atoms with Crippen LogP contribution in [-0.2, 0) is 4.79 Å². The van der Waals surface area contributed by atoms with Crippen LogP contribution in [0.15, 0.2) is 47.8 Å². The van der Waals surface area contributed by atoms with Gasteiger partial charge in [0.25, 0.3) is 5.91 Å². The van der Waals surface area contributed by atoms with Crippen molar-refractivity contribution in [3.63, 3.8) is 0 Å². The van der Waals surface area contributed by atoms with Crippen molar-refractivity contribution in [2.75, 3.05) is 18.5 Å². The Morgan fingerprint density at radius 3 is 2.69 bits per heavy atom. The molecule has 0 saturated carbocycles. The number of carbonyl (C=O) groups excluding carboxylic acids is 1. The van der Waals surface area contributed by atoms with Gasteiger partial charge in [0.15, 0.2) is 11.7 Å². The predicted molar refractivity (Wildman–Crippen MR) is 118 cm³/mol. The molecule has 1 aromatic heterocycles. The third kappa shape index (κ3) is 5.35. The lowest BCUT2D eigenvalue weighted by Gasteiger charge is -2.12. The Balaban J connectivity index is 1.60. The van der Waals surface area contributed by atoms with Gasteiger partial charge >= 0.3 is 0 Å². The van der Waals surface area contributed by atoms with E-state index < -0.39 is 0 Å². The van der Waals surface area contributed by atoms with Crippen molar-refractivity contribution in [1.29, 1.82) is 0 Å². The fourth-order valence-corrected chi connectivity index (χ4v) is 3.83. The van der Waals surface area contributed by atoms with E-state index in [9.17, 15) is 4.79 Å². The number of aromatic nitrogens is 1. The monoisotopic (exact) mass is 410 g/mol. The Morgan fingerprint density at radius 1 is 1.17 bits per heavy atom. The Kier molecular flexibility index (Phi) is 6.88. The van der Waals surface area contributed by atoms with Crippen molar-refractivity contribution in [3.8, 4) is 22.8 Å². The van der Waals surface area contributed by atoms with Gasteiger partial charge in [-0.3, -0.25) is 10.1 Å². The van der Waals surface area contributed by atoms with Crippen LogP contribution in [0.25, 0.3) is 11.3 Å². The summed E-state index contributed by atoms with van der Waals surface area (Å²) in [5, 5.41) is 5.24. The summed E-state index contributed by atoms with van der Waals surface area (Å²) in [6, 6.07) is 13.7. The van der Waals surface area contributed by atoms with E-state index >= 15 is 0 Å². The molecule has 0 aliphatic carbocycles. The molecule has 152 valence electrons. The molecule has 1 N–H and O–H groups in total. The minimum atomic E-state index is -0.241. The summed E-state index contributed by atoms with van der Waals surface area (Å²) < 4.78 is 11.3. The lowest BCUT2D eigenvalue weighted by molar-refractivity contribution is -0.118. The van der Waals surface area contributed by atoms with Crippen LogP contribution in [0, 0.1) is 6.92 Å². The molecule has 1 amide bonds. The molecule has 0 spiro atoms. The molecule has 5 nitrogen and oxygen atoms in total. The van der Waals surface area contributed by atoms with Crippen molar-refractivity contribution < 1.29 is 14.3 Å². The number of nitrogens with zero attached hydrogens (tertiary/aromatic N) is 1. The maximum atomic E-state index is 12.3. The zero-order valence-electron chi connectivity index (χ0n) is 17.2. The van der Waals surface area contributed by atoms with Crippen LogP contribution < -0.4 is 14.8 Å². The average molecular weight is 411 g/mol. The first-order chi connectivity index (χ1) is 14.0. The zero-order valence-corrected chi connectivity index (χ0v) is 18.0. The van der Waals surface area contributed by atoms with E-state index in [1.54, 1.807) is 0 Å². The standard InChI is InChI=1S/C23H26N2O3S/c1-5-27-21-9-7-6-8-19(21)20-14-29-23(24-20)25-22(26)13-28-17-10-11-18(15(2)3)16(4)12-17/h6-12,14-15H,5,13H2,1-4H3,(H,24,25,26). The molecule has 1 heterocycles. The first-order valence-electron chi connectivity index (χ1n) is 9.68. The molecule has 0 unspecified atom stereocenters. The summed E-state index contributed by atoms with van der Waals surface area (Å²) in [5.41, 5.74) is 4.12. The normalized spacial score (nSPS) is 10.8. The smallest absolute Gasteiger partial charge is 0.264 e. The molecule has 3 aromatic rings. The van der Waals surface area contributed by atoms with Crippen molar-refractivity contribution in [2.45, 2.75) is 33.6 Å². The third-order valence-corrected chi connectivity index (χ3v) is 5.20. The van der Waals surface area contributed by atoms with E-state index in [0.29, 0.717) is 23.4 Å². The molecule has 0 aliphatic rings. The van der Waals surface area contributed by atoms with Crippen LogP contribution in [0.2, 0.25) is 0 Å². The number of anilines is 1. The van der Waals surface area contributed by atoms with Crippen LogP contribution in [0.5, 0.6) is 11.5 Å². The molecule has 3 rings (SSSR count). The van der Waals surface area contributed by atoms with E-state index in [2.05, 4.69) is 37.1 Å². The number of ether oxygens (including phenoxy) is 2. The predicted octanol–water partition coefficient (Wildman–Crippen LogP) is 5.66. The van der Waals surface area contributed by atoms with Gasteiger partial charge in [0, 0.05) is 10.9 Å². The molecule has 29 heavy (non-hydrogen) atoms. The van der Waals surface area contributed by atoms with E-state index in [1.165, 1.54) is 16.9 Å². The Hall–Kier alpha value is -2.86. The molecule has 0 atom stereocenters. The van der Waals surface area contributed by atoms with Gasteiger partial charge in [0.2, 0.25) is 0 Å². The minimum Gasteiger partial charge on any atom is -0.493 e. The van der Waals surface area contributed by atoms with Gasteiger partial charge in [-0.15, -0.1) is 11.3 Å². The number of hydrogen-bond donors (Lipinski definition) is 1. The quantitative estimate of drug-likeness (QED) is 0.521. The number of rotatable bonds is 8. The molecule has 2 aromatic carbocycles. The van der Waals surface area contributed by atoms with Gasteiger partial charge in [-0.25, -0.2) is 4.98 Å². The van der Waals surface area contributed by atoms with E-state index in [1.807, 2.05) is 48.7 Å². The highest BCUT2D eigenvalue weighted by Gasteiger charge is 2.12. The fourth-order valence-electron chi connectivity index (χ4n) is 3.10. The highest BCUT2D eigenvalue weighted by Crippen LogP contribution is 2.32. The second-order valence-corrected chi connectivity index (χ2v) is 7.84. The van der Waals surface area contributed by atoms with Crippen LogP contribution in [0.4, 0.5) is 5.13 Å². The van der Waals surface area contributed by atoms with Crippen molar-refractivity contribution in [1.82, 2.24) is 4.98 Å². The number of hydrogen-bond acceptors (Lipinski definition) is 5. The maximum Gasteiger partial charge on any atom is 0.264 e. The molecular weight excluding hydrogens is 384 g/mol. The Labute approximate surface area is 175 Å². The zero-order chi connectivity index (χ0) is 20.8.